The van der Waals surface area contributed by atoms with Crippen LogP contribution in [0.2, 0.25) is 0 Å². The second-order valence-electron chi connectivity index (χ2n) is 5.19. The first-order valence-electron chi connectivity index (χ1n) is 7.41. The van der Waals surface area contributed by atoms with Crippen LogP contribution < -0.4 is 0 Å². The fraction of sp³-hybridized carbons (Fsp3) is 0.467. The molecule has 1 atom stereocenters. The molecule has 0 saturated carbocycles. The Balaban J connectivity index is 1.74. The van der Waals surface area contributed by atoms with Gasteiger partial charge in [-0.15, -0.1) is 5.10 Å². The largest absolute Gasteiger partial charge is 0.370 e. The summed E-state index contributed by atoms with van der Waals surface area (Å²) in [7, 11) is 0. The molecular formula is C15H18N4O2S. The van der Waals surface area contributed by atoms with E-state index in [1.807, 2.05) is 17.0 Å². The van der Waals surface area contributed by atoms with E-state index in [-0.39, 0.29) is 12.0 Å². The highest BCUT2D eigenvalue weighted by Gasteiger charge is 2.28. The molecule has 0 N–H and O–H groups in total. The molecule has 3 heterocycles. The molecule has 22 heavy (non-hydrogen) atoms. The van der Waals surface area contributed by atoms with Crippen LogP contribution in [0.3, 0.4) is 0 Å². The zero-order chi connectivity index (χ0) is 15.4. The lowest BCUT2D eigenvalue weighted by Crippen LogP contribution is -2.42. The summed E-state index contributed by atoms with van der Waals surface area (Å²) in [4.78, 5) is 19.2. The Bertz CT molecular complexity index is 631. The molecule has 1 aliphatic rings. The van der Waals surface area contributed by atoms with Crippen molar-refractivity contribution in [2.45, 2.75) is 25.9 Å². The molecule has 6 nitrogen and oxygen atoms in total. The molecule has 2 aromatic heterocycles. The Labute approximate surface area is 133 Å². The van der Waals surface area contributed by atoms with Crippen LogP contribution in [0.1, 0.15) is 40.4 Å². The van der Waals surface area contributed by atoms with Crippen molar-refractivity contribution in [1.29, 1.82) is 0 Å². The van der Waals surface area contributed by atoms with Crippen molar-refractivity contribution in [3.05, 3.63) is 40.7 Å². The number of rotatable bonds is 4. The summed E-state index contributed by atoms with van der Waals surface area (Å²) in [6, 6.07) is 3.85. The van der Waals surface area contributed by atoms with Crippen molar-refractivity contribution in [2.75, 3.05) is 19.7 Å². The highest BCUT2D eigenvalue weighted by molar-refractivity contribution is 7.08. The van der Waals surface area contributed by atoms with Gasteiger partial charge in [0.2, 0.25) is 0 Å². The molecule has 1 unspecified atom stereocenters. The number of hydrogen-bond acceptors (Lipinski definition) is 6. The quantitative estimate of drug-likeness (QED) is 0.863. The topological polar surface area (TPSA) is 68.2 Å². The lowest BCUT2D eigenvalue weighted by atomic mass is 10.1. The Morgan fingerprint density at radius 1 is 1.45 bits per heavy atom. The van der Waals surface area contributed by atoms with Crippen LogP contribution in [0, 0.1) is 0 Å². The first-order chi connectivity index (χ1) is 10.8. The van der Waals surface area contributed by atoms with E-state index < -0.39 is 0 Å². The van der Waals surface area contributed by atoms with Gasteiger partial charge in [-0.2, -0.15) is 0 Å². The Morgan fingerprint density at radius 3 is 3.05 bits per heavy atom. The van der Waals surface area contributed by atoms with Gasteiger partial charge in [-0.1, -0.05) is 17.8 Å². The van der Waals surface area contributed by atoms with Gasteiger partial charge in [0.05, 0.1) is 18.8 Å². The van der Waals surface area contributed by atoms with Crippen molar-refractivity contribution in [2.24, 2.45) is 0 Å². The SMILES string of the molecule is CCCc1nnsc1C(=O)N1CCOC(c2ccncc2)C1. The number of carbonyl (C=O) groups excluding carboxylic acids is 1. The molecule has 1 fully saturated rings. The molecule has 0 spiro atoms. The first-order valence-corrected chi connectivity index (χ1v) is 8.19. The number of amides is 1. The maximum absolute atomic E-state index is 12.7. The van der Waals surface area contributed by atoms with Gasteiger partial charge < -0.3 is 9.64 Å². The summed E-state index contributed by atoms with van der Waals surface area (Å²) in [6.07, 6.45) is 5.12. The van der Waals surface area contributed by atoms with Crippen LogP contribution in [-0.4, -0.2) is 45.1 Å². The van der Waals surface area contributed by atoms with Crippen LogP contribution in [0.15, 0.2) is 24.5 Å². The molecule has 0 radical (unpaired) electrons. The number of ether oxygens (including phenoxy) is 1. The summed E-state index contributed by atoms with van der Waals surface area (Å²) in [5.41, 5.74) is 1.85. The molecular weight excluding hydrogens is 300 g/mol. The third-order valence-corrected chi connectivity index (χ3v) is 4.42. The monoisotopic (exact) mass is 318 g/mol. The van der Waals surface area contributed by atoms with E-state index in [0.717, 1.165) is 24.1 Å². The first kappa shape index (κ1) is 15.1. The number of pyridine rings is 1. The zero-order valence-electron chi connectivity index (χ0n) is 12.4. The molecule has 0 aliphatic carbocycles. The fourth-order valence-corrected chi connectivity index (χ4v) is 3.21. The van der Waals surface area contributed by atoms with Gasteiger partial charge in [0.1, 0.15) is 11.0 Å². The summed E-state index contributed by atoms with van der Waals surface area (Å²) < 4.78 is 9.73. The maximum Gasteiger partial charge on any atom is 0.267 e. The summed E-state index contributed by atoms with van der Waals surface area (Å²) >= 11 is 1.19. The van der Waals surface area contributed by atoms with E-state index in [2.05, 4.69) is 21.5 Å². The molecule has 116 valence electrons. The minimum atomic E-state index is -0.101. The number of hydrogen-bond donors (Lipinski definition) is 0. The lowest BCUT2D eigenvalue weighted by Gasteiger charge is -2.32. The van der Waals surface area contributed by atoms with Gasteiger partial charge in [-0.25, -0.2) is 0 Å². The predicted molar refractivity (Wildman–Crippen MR) is 82.7 cm³/mol. The van der Waals surface area contributed by atoms with Crippen LogP contribution >= 0.6 is 11.5 Å². The smallest absolute Gasteiger partial charge is 0.267 e. The average molecular weight is 318 g/mol. The molecule has 0 aromatic carbocycles. The fourth-order valence-electron chi connectivity index (χ4n) is 2.53. The molecule has 0 bridgehead atoms. The zero-order valence-corrected chi connectivity index (χ0v) is 13.3. The second kappa shape index (κ2) is 6.93. The number of aryl methyl sites for hydroxylation is 1. The van der Waals surface area contributed by atoms with E-state index in [1.165, 1.54) is 11.5 Å². The van der Waals surface area contributed by atoms with Crippen molar-refractivity contribution in [1.82, 2.24) is 19.5 Å². The van der Waals surface area contributed by atoms with Gasteiger partial charge in [0, 0.05) is 18.9 Å². The third kappa shape index (κ3) is 3.15. The van der Waals surface area contributed by atoms with Gasteiger partial charge in [-0.3, -0.25) is 9.78 Å². The van der Waals surface area contributed by atoms with Crippen molar-refractivity contribution in [3.63, 3.8) is 0 Å². The standard InChI is InChI=1S/C15H18N4O2S/c1-2-3-12-14(22-18-17-12)15(20)19-8-9-21-13(10-19)11-4-6-16-7-5-11/h4-7,13H,2-3,8-10H2,1H3. The molecule has 1 aliphatic heterocycles. The van der Waals surface area contributed by atoms with Crippen molar-refractivity contribution < 1.29 is 9.53 Å². The average Bonchev–Trinajstić information content (AvgIpc) is 3.04. The van der Waals surface area contributed by atoms with Crippen molar-refractivity contribution in [3.8, 4) is 0 Å². The Morgan fingerprint density at radius 2 is 2.27 bits per heavy atom. The Kier molecular flexibility index (Phi) is 4.74. The molecule has 2 aromatic rings. The predicted octanol–water partition coefficient (Wildman–Crippen LogP) is 2.10. The second-order valence-corrected chi connectivity index (χ2v) is 5.94. The van der Waals surface area contributed by atoms with E-state index in [9.17, 15) is 4.79 Å². The normalized spacial score (nSPS) is 18.4. The van der Waals surface area contributed by atoms with Crippen LogP contribution in [0.4, 0.5) is 0 Å². The third-order valence-electron chi connectivity index (χ3n) is 3.67. The lowest BCUT2D eigenvalue weighted by molar-refractivity contribution is -0.0227. The van der Waals surface area contributed by atoms with Crippen LogP contribution in [0.25, 0.3) is 0 Å². The molecule has 7 heteroatoms. The number of aromatic nitrogens is 3. The minimum Gasteiger partial charge on any atom is -0.370 e. The highest BCUT2D eigenvalue weighted by Crippen LogP contribution is 2.24. The van der Waals surface area contributed by atoms with Gasteiger partial charge in [0.25, 0.3) is 5.91 Å². The number of morpholine rings is 1. The van der Waals surface area contributed by atoms with E-state index >= 15 is 0 Å². The van der Waals surface area contributed by atoms with Crippen LogP contribution in [-0.2, 0) is 11.2 Å². The molecule has 1 saturated heterocycles. The number of nitrogens with zero attached hydrogens (tertiary/aromatic N) is 4. The summed E-state index contributed by atoms with van der Waals surface area (Å²) in [6.45, 7) is 3.76. The number of carbonyl (C=O) groups is 1. The van der Waals surface area contributed by atoms with E-state index in [1.54, 1.807) is 12.4 Å². The summed E-state index contributed by atoms with van der Waals surface area (Å²) in [5, 5.41) is 4.08. The van der Waals surface area contributed by atoms with Gasteiger partial charge >= 0.3 is 0 Å². The maximum atomic E-state index is 12.7. The molecule has 3 rings (SSSR count). The van der Waals surface area contributed by atoms with Gasteiger partial charge in [0.15, 0.2) is 0 Å². The highest BCUT2D eigenvalue weighted by atomic mass is 32.1. The molecule has 1 amide bonds. The van der Waals surface area contributed by atoms with Crippen molar-refractivity contribution >= 4 is 17.4 Å². The van der Waals surface area contributed by atoms with Crippen LogP contribution in [0.5, 0.6) is 0 Å². The summed E-state index contributed by atoms with van der Waals surface area (Å²) in [5.74, 6) is 0.0146. The van der Waals surface area contributed by atoms with Gasteiger partial charge in [-0.05, 0) is 35.6 Å². The van der Waals surface area contributed by atoms with E-state index in [4.69, 9.17) is 4.74 Å². The minimum absolute atomic E-state index is 0.0146. The Hall–Kier alpha value is -1.86. The van der Waals surface area contributed by atoms with E-state index in [0.29, 0.717) is 24.6 Å².